The molecule has 20 heavy (non-hydrogen) atoms. The lowest BCUT2D eigenvalue weighted by molar-refractivity contribution is 0.588. The SMILES string of the molecule is CC(C)NCc1ccc(N(C)C2CCCC2)c(C#N)c1. The summed E-state index contributed by atoms with van der Waals surface area (Å²) < 4.78 is 0. The second-order valence-corrected chi connectivity index (χ2v) is 6.05. The van der Waals surface area contributed by atoms with Gasteiger partial charge in [-0.3, -0.25) is 0 Å². The summed E-state index contributed by atoms with van der Waals surface area (Å²) in [6, 6.07) is 9.68. The average molecular weight is 271 g/mol. The largest absolute Gasteiger partial charge is 0.371 e. The summed E-state index contributed by atoms with van der Waals surface area (Å²) in [5.41, 5.74) is 3.05. The van der Waals surface area contributed by atoms with Gasteiger partial charge in [0.2, 0.25) is 0 Å². The number of nitrogens with one attached hydrogen (secondary N) is 1. The zero-order valence-corrected chi connectivity index (χ0v) is 12.8. The van der Waals surface area contributed by atoms with Gasteiger partial charge < -0.3 is 10.2 Å². The number of anilines is 1. The number of hydrogen-bond donors (Lipinski definition) is 1. The lowest BCUT2D eigenvalue weighted by Crippen LogP contribution is -2.29. The second-order valence-electron chi connectivity index (χ2n) is 6.05. The van der Waals surface area contributed by atoms with E-state index in [-0.39, 0.29) is 0 Å². The van der Waals surface area contributed by atoms with Crippen molar-refractivity contribution in [1.82, 2.24) is 5.32 Å². The van der Waals surface area contributed by atoms with E-state index in [9.17, 15) is 5.26 Å². The first kappa shape index (κ1) is 14.9. The molecular formula is C17H25N3. The van der Waals surface area contributed by atoms with Crippen LogP contribution in [0.1, 0.15) is 50.7 Å². The molecule has 1 N–H and O–H groups in total. The molecule has 0 atom stereocenters. The quantitative estimate of drug-likeness (QED) is 0.891. The molecule has 1 aromatic rings. The number of hydrogen-bond acceptors (Lipinski definition) is 3. The van der Waals surface area contributed by atoms with Crippen molar-refractivity contribution in [2.45, 2.75) is 58.2 Å². The van der Waals surface area contributed by atoms with Gasteiger partial charge in [0.25, 0.3) is 0 Å². The summed E-state index contributed by atoms with van der Waals surface area (Å²) >= 11 is 0. The van der Waals surface area contributed by atoms with Gasteiger partial charge in [0.05, 0.1) is 11.3 Å². The number of nitriles is 1. The molecule has 1 aliphatic rings. The Morgan fingerprint density at radius 1 is 1.35 bits per heavy atom. The van der Waals surface area contributed by atoms with Crippen LogP contribution in [0.3, 0.4) is 0 Å². The van der Waals surface area contributed by atoms with Crippen molar-refractivity contribution in [3.63, 3.8) is 0 Å². The fraction of sp³-hybridized carbons (Fsp3) is 0.588. The third-order valence-electron chi connectivity index (χ3n) is 4.15. The molecular weight excluding hydrogens is 246 g/mol. The molecule has 1 fully saturated rings. The molecule has 0 heterocycles. The molecule has 3 heteroatoms. The van der Waals surface area contributed by atoms with E-state index in [0.717, 1.165) is 17.8 Å². The van der Waals surface area contributed by atoms with Crippen LogP contribution in [0.25, 0.3) is 0 Å². The van der Waals surface area contributed by atoms with Gasteiger partial charge in [-0.1, -0.05) is 32.8 Å². The molecule has 1 saturated carbocycles. The standard InChI is InChI=1S/C17H25N3/c1-13(2)19-12-14-8-9-17(15(10-14)11-18)20(3)16-6-4-5-7-16/h8-10,13,16,19H,4-7,12H2,1-3H3. The lowest BCUT2D eigenvalue weighted by atomic mass is 10.1. The van der Waals surface area contributed by atoms with E-state index in [4.69, 9.17) is 0 Å². The third-order valence-corrected chi connectivity index (χ3v) is 4.15. The molecule has 1 aliphatic carbocycles. The molecule has 3 nitrogen and oxygen atoms in total. The van der Waals surface area contributed by atoms with Crippen LogP contribution in [-0.2, 0) is 6.54 Å². The van der Waals surface area contributed by atoms with Gasteiger partial charge in [0.15, 0.2) is 0 Å². The van der Waals surface area contributed by atoms with E-state index in [1.807, 2.05) is 6.07 Å². The van der Waals surface area contributed by atoms with Crippen molar-refractivity contribution in [2.24, 2.45) is 0 Å². The Morgan fingerprint density at radius 3 is 2.65 bits per heavy atom. The first-order chi connectivity index (χ1) is 9.61. The van der Waals surface area contributed by atoms with Crippen LogP contribution in [0.2, 0.25) is 0 Å². The van der Waals surface area contributed by atoms with Gasteiger partial charge in [0.1, 0.15) is 6.07 Å². The first-order valence-corrected chi connectivity index (χ1v) is 7.61. The highest BCUT2D eigenvalue weighted by Gasteiger charge is 2.21. The summed E-state index contributed by atoms with van der Waals surface area (Å²) in [6.07, 6.45) is 5.12. The predicted octanol–water partition coefficient (Wildman–Crippen LogP) is 3.44. The molecule has 2 rings (SSSR count). The van der Waals surface area contributed by atoms with Crippen LogP contribution in [0.5, 0.6) is 0 Å². The van der Waals surface area contributed by atoms with Crippen LogP contribution in [-0.4, -0.2) is 19.1 Å². The molecule has 0 amide bonds. The average Bonchev–Trinajstić information content (AvgIpc) is 2.98. The Kier molecular flexibility index (Phi) is 5.03. The zero-order chi connectivity index (χ0) is 14.5. The summed E-state index contributed by atoms with van der Waals surface area (Å²) in [6.45, 7) is 5.08. The minimum absolute atomic E-state index is 0.460. The molecule has 0 radical (unpaired) electrons. The minimum Gasteiger partial charge on any atom is -0.371 e. The van der Waals surface area contributed by atoms with E-state index < -0.39 is 0 Å². The highest BCUT2D eigenvalue weighted by atomic mass is 15.1. The van der Waals surface area contributed by atoms with Gasteiger partial charge in [-0.2, -0.15) is 5.26 Å². The Bertz CT molecular complexity index is 481. The summed E-state index contributed by atoms with van der Waals surface area (Å²) in [7, 11) is 2.12. The van der Waals surface area contributed by atoms with Crippen molar-refractivity contribution >= 4 is 5.69 Å². The maximum absolute atomic E-state index is 9.41. The topological polar surface area (TPSA) is 39.1 Å². The fourth-order valence-corrected chi connectivity index (χ4v) is 2.90. The Labute approximate surface area is 122 Å². The highest BCUT2D eigenvalue weighted by Crippen LogP contribution is 2.29. The Morgan fingerprint density at radius 2 is 2.05 bits per heavy atom. The Balaban J connectivity index is 2.15. The maximum atomic E-state index is 9.41. The van der Waals surface area contributed by atoms with Crippen molar-refractivity contribution in [3.05, 3.63) is 29.3 Å². The monoisotopic (exact) mass is 271 g/mol. The van der Waals surface area contributed by atoms with E-state index in [1.165, 1.54) is 31.2 Å². The molecule has 0 aliphatic heterocycles. The normalized spacial score (nSPS) is 15.6. The molecule has 0 saturated heterocycles. The fourth-order valence-electron chi connectivity index (χ4n) is 2.90. The smallest absolute Gasteiger partial charge is 0.101 e. The van der Waals surface area contributed by atoms with E-state index in [1.54, 1.807) is 0 Å². The van der Waals surface area contributed by atoms with E-state index >= 15 is 0 Å². The number of benzene rings is 1. The lowest BCUT2D eigenvalue weighted by Gasteiger charge is -2.27. The van der Waals surface area contributed by atoms with Crippen molar-refractivity contribution in [1.29, 1.82) is 5.26 Å². The molecule has 108 valence electrons. The van der Waals surface area contributed by atoms with Gasteiger partial charge in [0, 0.05) is 25.7 Å². The molecule has 0 aromatic heterocycles. The van der Waals surface area contributed by atoms with Crippen molar-refractivity contribution in [2.75, 3.05) is 11.9 Å². The van der Waals surface area contributed by atoms with Gasteiger partial charge >= 0.3 is 0 Å². The van der Waals surface area contributed by atoms with Crippen LogP contribution >= 0.6 is 0 Å². The van der Waals surface area contributed by atoms with Crippen LogP contribution in [0.4, 0.5) is 5.69 Å². The van der Waals surface area contributed by atoms with Crippen LogP contribution < -0.4 is 10.2 Å². The van der Waals surface area contributed by atoms with Crippen LogP contribution in [0.15, 0.2) is 18.2 Å². The number of nitrogens with zero attached hydrogens (tertiary/aromatic N) is 2. The summed E-state index contributed by atoms with van der Waals surface area (Å²) in [5.74, 6) is 0. The third kappa shape index (κ3) is 3.52. The van der Waals surface area contributed by atoms with Crippen LogP contribution in [0, 0.1) is 11.3 Å². The first-order valence-electron chi connectivity index (χ1n) is 7.61. The highest BCUT2D eigenvalue weighted by molar-refractivity contribution is 5.60. The van der Waals surface area contributed by atoms with Gasteiger partial charge in [-0.25, -0.2) is 0 Å². The molecule has 0 bridgehead atoms. The van der Waals surface area contributed by atoms with Crippen molar-refractivity contribution in [3.8, 4) is 6.07 Å². The zero-order valence-electron chi connectivity index (χ0n) is 12.8. The minimum atomic E-state index is 0.460. The summed E-state index contributed by atoms with van der Waals surface area (Å²) in [5, 5.41) is 12.8. The van der Waals surface area contributed by atoms with Gasteiger partial charge in [-0.05, 0) is 30.5 Å². The van der Waals surface area contributed by atoms with Gasteiger partial charge in [-0.15, -0.1) is 0 Å². The molecule has 1 aromatic carbocycles. The maximum Gasteiger partial charge on any atom is 0.101 e. The predicted molar refractivity (Wildman–Crippen MR) is 83.8 cm³/mol. The number of rotatable bonds is 5. The van der Waals surface area contributed by atoms with E-state index in [2.05, 4.69) is 49.3 Å². The molecule has 0 spiro atoms. The Hall–Kier alpha value is -1.53. The van der Waals surface area contributed by atoms with E-state index in [0.29, 0.717) is 12.1 Å². The van der Waals surface area contributed by atoms with Crippen molar-refractivity contribution < 1.29 is 0 Å². The summed E-state index contributed by atoms with van der Waals surface area (Å²) in [4.78, 5) is 2.30. The second kappa shape index (κ2) is 6.76. The molecule has 0 unspecified atom stereocenters.